The van der Waals surface area contributed by atoms with Crippen LogP contribution in [-0.2, 0) is 11.3 Å². The van der Waals surface area contributed by atoms with Crippen LogP contribution in [0.5, 0.6) is 0 Å². The van der Waals surface area contributed by atoms with Gasteiger partial charge in [0.2, 0.25) is 0 Å². The first-order valence-electron chi connectivity index (χ1n) is 6.59. The van der Waals surface area contributed by atoms with E-state index in [9.17, 15) is 0 Å². The van der Waals surface area contributed by atoms with Crippen LogP contribution in [0.1, 0.15) is 13.3 Å². The maximum Gasteiger partial charge on any atom is 0.185 e. The minimum Gasteiger partial charge on any atom is -0.398 e. The molecule has 2 aromatic rings. The quantitative estimate of drug-likeness (QED) is 0.876. The van der Waals surface area contributed by atoms with Gasteiger partial charge in [0.15, 0.2) is 5.82 Å². The lowest BCUT2D eigenvalue weighted by Crippen LogP contribution is -2.19. The van der Waals surface area contributed by atoms with Gasteiger partial charge in [-0.05, 0) is 35.9 Å². The number of rotatable bonds is 3. The first-order chi connectivity index (χ1) is 9.66. The van der Waals surface area contributed by atoms with E-state index in [-0.39, 0.29) is 6.10 Å². The molecule has 3 rings (SSSR count). The molecule has 20 heavy (non-hydrogen) atoms. The molecule has 2 atom stereocenters. The van der Waals surface area contributed by atoms with E-state index in [1.54, 1.807) is 16.8 Å². The Hall–Kier alpha value is -1.66. The van der Waals surface area contributed by atoms with E-state index in [0.717, 1.165) is 13.0 Å². The number of halogens is 1. The van der Waals surface area contributed by atoms with E-state index in [2.05, 4.69) is 22.4 Å². The molecule has 6 nitrogen and oxygen atoms in total. The Balaban J connectivity index is 1.94. The lowest BCUT2D eigenvalue weighted by molar-refractivity contribution is 0.101. The minimum atomic E-state index is 0.218. The number of tetrazole rings is 1. The zero-order chi connectivity index (χ0) is 14.1. The number of benzene rings is 1. The summed E-state index contributed by atoms with van der Waals surface area (Å²) in [7, 11) is 0. The standard InChI is InChI=1S/C13H16ClN5O/c1-8-9(5-6-20-8)7-19-13(16-17-18-19)12-10(14)3-2-4-11(12)15/h2-4,8-9H,5-7,15H2,1H3. The first-order valence-corrected chi connectivity index (χ1v) is 6.96. The van der Waals surface area contributed by atoms with Gasteiger partial charge in [-0.3, -0.25) is 0 Å². The van der Waals surface area contributed by atoms with Gasteiger partial charge in [0.25, 0.3) is 0 Å². The van der Waals surface area contributed by atoms with Gasteiger partial charge >= 0.3 is 0 Å². The van der Waals surface area contributed by atoms with Crippen molar-refractivity contribution in [3.63, 3.8) is 0 Å². The number of hydrogen-bond donors (Lipinski definition) is 1. The monoisotopic (exact) mass is 293 g/mol. The number of nitrogens with zero attached hydrogens (tertiary/aromatic N) is 4. The summed E-state index contributed by atoms with van der Waals surface area (Å²) in [5, 5.41) is 12.4. The Morgan fingerprint density at radius 1 is 1.50 bits per heavy atom. The molecule has 2 N–H and O–H groups in total. The normalized spacial score (nSPS) is 22.3. The van der Waals surface area contributed by atoms with Crippen LogP contribution in [-0.4, -0.2) is 32.9 Å². The second-order valence-electron chi connectivity index (χ2n) is 5.01. The highest BCUT2D eigenvalue weighted by Gasteiger charge is 2.26. The Morgan fingerprint density at radius 2 is 2.35 bits per heavy atom. The van der Waals surface area contributed by atoms with Gasteiger partial charge in [0, 0.05) is 18.2 Å². The molecule has 0 amide bonds. The predicted octanol–water partition coefficient (Wildman–Crippen LogP) is 2.00. The van der Waals surface area contributed by atoms with Gasteiger partial charge in [0.05, 0.1) is 23.2 Å². The molecule has 0 aliphatic carbocycles. The molecule has 2 unspecified atom stereocenters. The van der Waals surface area contributed by atoms with Crippen LogP contribution in [0.25, 0.3) is 11.4 Å². The Kier molecular flexibility index (Phi) is 3.58. The lowest BCUT2D eigenvalue weighted by atomic mass is 10.0. The molecule has 106 valence electrons. The summed E-state index contributed by atoms with van der Waals surface area (Å²) in [6.07, 6.45) is 1.23. The van der Waals surface area contributed by atoms with Gasteiger partial charge in [0.1, 0.15) is 0 Å². The summed E-state index contributed by atoms with van der Waals surface area (Å²) in [4.78, 5) is 0. The van der Waals surface area contributed by atoms with E-state index >= 15 is 0 Å². The fourth-order valence-electron chi connectivity index (χ4n) is 2.52. The summed E-state index contributed by atoms with van der Waals surface area (Å²) < 4.78 is 7.33. The number of aromatic nitrogens is 4. The zero-order valence-corrected chi connectivity index (χ0v) is 11.9. The van der Waals surface area contributed by atoms with E-state index in [1.807, 2.05) is 6.07 Å². The maximum atomic E-state index is 6.22. The topological polar surface area (TPSA) is 78.8 Å². The molecule has 2 heterocycles. The number of nitrogen functional groups attached to an aromatic ring is 1. The van der Waals surface area contributed by atoms with Crippen molar-refractivity contribution in [2.75, 3.05) is 12.3 Å². The van der Waals surface area contributed by atoms with Crippen LogP contribution in [0, 0.1) is 5.92 Å². The molecule has 1 aromatic carbocycles. The van der Waals surface area contributed by atoms with E-state index in [0.29, 0.717) is 34.6 Å². The average Bonchev–Trinajstić information content (AvgIpc) is 3.01. The van der Waals surface area contributed by atoms with Gasteiger partial charge in [-0.15, -0.1) is 5.10 Å². The second kappa shape index (κ2) is 5.38. The molecule has 7 heteroatoms. The SMILES string of the molecule is CC1OCCC1Cn1nnnc1-c1c(N)cccc1Cl. The number of hydrogen-bond acceptors (Lipinski definition) is 5. The number of nitrogens with two attached hydrogens (primary N) is 1. The molecule has 1 aliphatic rings. The van der Waals surface area contributed by atoms with Crippen molar-refractivity contribution in [2.24, 2.45) is 5.92 Å². The summed E-state index contributed by atoms with van der Waals surface area (Å²) >= 11 is 6.22. The van der Waals surface area contributed by atoms with Crippen molar-refractivity contribution in [3.8, 4) is 11.4 Å². The molecule has 1 fully saturated rings. The third-order valence-electron chi connectivity index (χ3n) is 3.74. The highest BCUT2D eigenvalue weighted by atomic mass is 35.5. The molecule has 0 radical (unpaired) electrons. The molecule has 0 saturated carbocycles. The largest absolute Gasteiger partial charge is 0.398 e. The predicted molar refractivity (Wildman–Crippen MR) is 76.2 cm³/mol. The van der Waals surface area contributed by atoms with Gasteiger partial charge in [-0.1, -0.05) is 17.7 Å². The van der Waals surface area contributed by atoms with Crippen molar-refractivity contribution in [3.05, 3.63) is 23.2 Å². The van der Waals surface area contributed by atoms with Crippen molar-refractivity contribution in [2.45, 2.75) is 26.0 Å². The van der Waals surface area contributed by atoms with Crippen molar-refractivity contribution >= 4 is 17.3 Å². The van der Waals surface area contributed by atoms with Crippen LogP contribution < -0.4 is 5.73 Å². The summed E-state index contributed by atoms with van der Waals surface area (Å²) in [6.45, 7) is 3.57. The summed E-state index contributed by atoms with van der Waals surface area (Å²) in [6, 6.07) is 5.39. The van der Waals surface area contributed by atoms with Crippen LogP contribution in [0.2, 0.25) is 5.02 Å². The van der Waals surface area contributed by atoms with Gasteiger partial charge in [-0.2, -0.15) is 0 Å². The smallest absolute Gasteiger partial charge is 0.185 e. The molecule has 0 bridgehead atoms. The molecule has 1 aliphatic heterocycles. The third-order valence-corrected chi connectivity index (χ3v) is 4.06. The Labute approximate surface area is 121 Å². The van der Waals surface area contributed by atoms with E-state index in [1.165, 1.54) is 0 Å². The third kappa shape index (κ3) is 2.36. The van der Waals surface area contributed by atoms with Crippen molar-refractivity contribution in [1.29, 1.82) is 0 Å². The van der Waals surface area contributed by atoms with Crippen molar-refractivity contribution < 1.29 is 4.74 Å². The second-order valence-corrected chi connectivity index (χ2v) is 5.42. The molecule has 0 spiro atoms. The molecular formula is C13H16ClN5O. The van der Waals surface area contributed by atoms with Crippen molar-refractivity contribution in [1.82, 2.24) is 20.2 Å². The first kappa shape index (κ1) is 13.3. The number of ether oxygens (including phenoxy) is 1. The minimum absolute atomic E-state index is 0.218. The van der Waals surface area contributed by atoms with E-state index < -0.39 is 0 Å². The molecular weight excluding hydrogens is 278 g/mol. The fourth-order valence-corrected chi connectivity index (χ4v) is 2.79. The highest BCUT2D eigenvalue weighted by molar-refractivity contribution is 6.33. The Morgan fingerprint density at radius 3 is 3.05 bits per heavy atom. The van der Waals surface area contributed by atoms with Gasteiger partial charge in [-0.25, -0.2) is 4.68 Å². The van der Waals surface area contributed by atoms with Crippen LogP contribution >= 0.6 is 11.6 Å². The van der Waals surface area contributed by atoms with Gasteiger partial charge < -0.3 is 10.5 Å². The van der Waals surface area contributed by atoms with Crippen LogP contribution in [0.15, 0.2) is 18.2 Å². The Bertz CT molecular complexity index is 594. The summed E-state index contributed by atoms with van der Waals surface area (Å²) in [5.41, 5.74) is 7.26. The highest BCUT2D eigenvalue weighted by Crippen LogP contribution is 2.32. The lowest BCUT2D eigenvalue weighted by Gasteiger charge is -2.15. The van der Waals surface area contributed by atoms with Crippen LogP contribution in [0.3, 0.4) is 0 Å². The maximum absolute atomic E-state index is 6.22. The summed E-state index contributed by atoms with van der Waals surface area (Å²) in [5.74, 6) is 1.01. The zero-order valence-electron chi connectivity index (χ0n) is 11.2. The average molecular weight is 294 g/mol. The fraction of sp³-hybridized carbons (Fsp3) is 0.462. The van der Waals surface area contributed by atoms with Crippen LogP contribution in [0.4, 0.5) is 5.69 Å². The number of anilines is 1. The molecule has 1 saturated heterocycles. The molecule has 1 aromatic heterocycles. The van der Waals surface area contributed by atoms with E-state index in [4.69, 9.17) is 22.1 Å².